The summed E-state index contributed by atoms with van der Waals surface area (Å²) in [6, 6.07) is 23.2. The highest BCUT2D eigenvalue weighted by Gasteiger charge is 2.14. The number of anilines is 1. The highest BCUT2D eigenvalue weighted by atomic mass is 32.2. The summed E-state index contributed by atoms with van der Waals surface area (Å²) in [5.41, 5.74) is 3.17. The van der Waals surface area contributed by atoms with Crippen molar-refractivity contribution in [2.75, 3.05) is 4.72 Å². The van der Waals surface area contributed by atoms with Crippen LogP contribution in [0.25, 0.3) is 0 Å². The van der Waals surface area contributed by atoms with Crippen LogP contribution in [0.15, 0.2) is 83.8 Å². The molecule has 3 aromatic carbocycles. The largest absolute Gasteiger partial charge is 0.295 e. The molecule has 0 aliphatic rings. The van der Waals surface area contributed by atoms with Gasteiger partial charge in [0.25, 0.3) is 10.0 Å². The van der Waals surface area contributed by atoms with Gasteiger partial charge in [0.15, 0.2) is 5.78 Å². The Labute approximate surface area is 153 Å². The highest BCUT2D eigenvalue weighted by Crippen LogP contribution is 2.19. The number of hydrogen-bond donors (Lipinski definition) is 1. The Morgan fingerprint density at radius 1 is 0.846 bits per heavy atom. The van der Waals surface area contributed by atoms with E-state index in [1.165, 1.54) is 31.2 Å². The maximum atomic E-state index is 12.6. The monoisotopic (exact) mass is 365 g/mol. The standard InChI is InChI=1S/C21H19NO3S/c1-16(23)19-10-12-21(13-11-19)26(24,25)22-20-9-5-8-18(15-20)14-17-6-3-2-4-7-17/h2-13,15,22H,14H2,1H3. The van der Waals surface area contributed by atoms with Gasteiger partial charge in [-0.1, -0.05) is 54.6 Å². The molecule has 0 amide bonds. The van der Waals surface area contributed by atoms with Crippen LogP contribution in [0.4, 0.5) is 5.69 Å². The second-order valence-electron chi connectivity index (χ2n) is 6.05. The molecule has 1 N–H and O–H groups in total. The molecule has 0 aliphatic carbocycles. The van der Waals surface area contributed by atoms with Gasteiger partial charge in [-0.15, -0.1) is 0 Å². The summed E-state index contributed by atoms with van der Waals surface area (Å²) in [7, 11) is -3.71. The van der Waals surface area contributed by atoms with Gasteiger partial charge < -0.3 is 0 Å². The van der Waals surface area contributed by atoms with Crippen LogP contribution in [0.3, 0.4) is 0 Å². The highest BCUT2D eigenvalue weighted by molar-refractivity contribution is 7.92. The van der Waals surface area contributed by atoms with Gasteiger partial charge in [0.2, 0.25) is 0 Å². The van der Waals surface area contributed by atoms with E-state index in [0.717, 1.165) is 17.5 Å². The molecule has 0 fully saturated rings. The summed E-state index contributed by atoms with van der Waals surface area (Å²) in [4.78, 5) is 11.4. The summed E-state index contributed by atoms with van der Waals surface area (Å²) in [6.45, 7) is 1.44. The predicted octanol–water partition coefficient (Wildman–Crippen LogP) is 4.28. The van der Waals surface area contributed by atoms with Crippen LogP contribution in [-0.4, -0.2) is 14.2 Å². The molecule has 3 rings (SSSR count). The van der Waals surface area contributed by atoms with Gasteiger partial charge in [-0.2, -0.15) is 0 Å². The molecule has 0 unspecified atom stereocenters. The second kappa shape index (κ2) is 7.54. The molecule has 0 bridgehead atoms. The molecule has 0 saturated carbocycles. The maximum absolute atomic E-state index is 12.6. The number of sulfonamides is 1. The Kier molecular flexibility index (Phi) is 5.19. The van der Waals surface area contributed by atoms with Crippen molar-refractivity contribution in [3.05, 3.63) is 95.6 Å². The van der Waals surface area contributed by atoms with E-state index in [1.54, 1.807) is 6.07 Å². The van der Waals surface area contributed by atoms with Crippen molar-refractivity contribution in [1.82, 2.24) is 0 Å². The fraction of sp³-hybridized carbons (Fsp3) is 0.0952. The molecular formula is C21H19NO3S. The number of Topliss-reactive ketones (excluding diaryl/α,β-unsaturated/α-hetero) is 1. The van der Waals surface area contributed by atoms with E-state index in [0.29, 0.717) is 11.3 Å². The molecule has 0 aliphatic heterocycles. The van der Waals surface area contributed by atoms with Crippen LogP contribution in [0.5, 0.6) is 0 Å². The smallest absolute Gasteiger partial charge is 0.261 e. The van der Waals surface area contributed by atoms with Crippen LogP contribution >= 0.6 is 0 Å². The second-order valence-corrected chi connectivity index (χ2v) is 7.73. The third-order valence-corrected chi connectivity index (χ3v) is 5.40. The zero-order valence-corrected chi connectivity index (χ0v) is 15.2. The molecule has 0 saturated heterocycles. The Morgan fingerprint density at radius 3 is 2.15 bits per heavy atom. The van der Waals surface area contributed by atoms with E-state index in [4.69, 9.17) is 0 Å². The molecule has 0 spiro atoms. The Morgan fingerprint density at radius 2 is 1.50 bits per heavy atom. The van der Waals surface area contributed by atoms with Crippen LogP contribution in [0, 0.1) is 0 Å². The topological polar surface area (TPSA) is 63.2 Å². The van der Waals surface area contributed by atoms with E-state index in [1.807, 2.05) is 48.5 Å². The minimum absolute atomic E-state index is 0.101. The van der Waals surface area contributed by atoms with Crippen molar-refractivity contribution in [3.8, 4) is 0 Å². The van der Waals surface area contributed by atoms with E-state index < -0.39 is 10.0 Å². The lowest BCUT2D eigenvalue weighted by atomic mass is 10.0. The first kappa shape index (κ1) is 17.9. The van der Waals surface area contributed by atoms with Crippen LogP contribution < -0.4 is 4.72 Å². The number of benzene rings is 3. The SMILES string of the molecule is CC(=O)c1ccc(S(=O)(=O)Nc2cccc(Cc3ccccc3)c2)cc1. The molecule has 132 valence electrons. The molecule has 3 aromatic rings. The molecular weight excluding hydrogens is 346 g/mol. The van der Waals surface area contributed by atoms with E-state index in [9.17, 15) is 13.2 Å². The normalized spacial score (nSPS) is 11.1. The van der Waals surface area contributed by atoms with Gasteiger partial charge in [0.05, 0.1) is 4.90 Å². The molecule has 0 radical (unpaired) electrons. The quantitative estimate of drug-likeness (QED) is 0.663. The lowest BCUT2D eigenvalue weighted by molar-refractivity contribution is 0.101. The zero-order chi connectivity index (χ0) is 18.6. The van der Waals surface area contributed by atoms with Crippen LogP contribution in [0.2, 0.25) is 0 Å². The van der Waals surface area contributed by atoms with Gasteiger partial charge in [-0.25, -0.2) is 8.42 Å². The minimum atomic E-state index is -3.71. The number of carbonyl (C=O) groups excluding carboxylic acids is 1. The molecule has 0 atom stereocenters. The lowest BCUT2D eigenvalue weighted by Crippen LogP contribution is -2.13. The minimum Gasteiger partial charge on any atom is -0.295 e. The molecule has 4 nitrogen and oxygen atoms in total. The van der Waals surface area contributed by atoms with Crippen molar-refractivity contribution in [2.45, 2.75) is 18.2 Å². The Bertz CT molecular complexity index is 1010. The average molecular weight is 365 g/mol. The lowest BCUT2D eigenvalue weighted by Gasteiger charge is -2.10. The molecule has 0 heterocycles. The number of ketones is 1. The Balaban J connectivity index is 1.79. The zero-order valence-electron chi connectivity index (χ0n) is 14.3. The first-order chi connectivity index (χ1) is 12.4. The predicted molar refractivity (Wildman–Crippen MR) is 103 cm³/mol. The summed E-state index contributed by atoms with van der Waals surface area (Å²) in [6.07, 6.45) is 0.726. The average Bonchev–Trinajstić information content (AvgIpc) is 2.62. The van der Waals surface area contributed by atoms with Gasteiger partial charge in [-0.05, 0) is 48.7 Å². The first-order valence-corrected chi connectivity index (χ1v) is 9.69. The number of hydrogen-bond acceptors (Lipinski definition) is 3. The first-order valence-electron chi connectivity index (χ1n) is 8.21. The van der Waals surface area contributed by atoms with E-state index >= 15 is 0 Å². The third-order valence-electron chi connectivity index (χ3n) is 4.00. The van der Waals surface area contributed by atoms with Crippen molar-refractivity contribution in [1.29, 1.82) is 0 Å². The van der Waals surface area contributed by atoms with E-state index in [2.05, 4.69) is 4.72 Å². The van der Waals surface area contributed by atoms with Crippen LogP contribution in [0.1, 0.15) is 28.4 Å². The van der Waals surface area contributed by atoms with Crippen molar-refractivity contribution in [2.24, 2.45) is 0 Å². The number of nitrogens with one attached hydrogen (secondary N) is 1. The molecule has 0 aromatic heterocycles. The van der Waals surface area contributed by atoms with Gasteiger partial charge in [0, 0.05) is 11.3 Å². The van der Waals surface area contributed by atoms with Gasteiger partial charge in [-0.3, -0.25) is 9.52 Å². The van der Waals surface area contributed by atoms with Crippen molar-refractivity contribution >= 4 is 21.5 Å². The summed E-state index contributed by atoms with van der Waals surface area (Å²) >= 11 is 0. The van der Waals surface area contributed by atoms with Gasteiger partial charge >= 0.3 is 0 Å². The maximum Gasteiger partial charge on any atom is 0.261 e. The molecule has 26 heavy (non-hydrogen) atoms. The summed E-state index contributed by atoms with van der Waals surface area (Å²) in [5.74, 6) is -0.101. The summed E-state index contributed by atoms with van der Waals surface area (Å²) < 4.78 is 27.7. The Hall–Kier alpha value is -2.92. The van der Waals surface area contributed by atoms with Crippen LogP contribution in [-0.2, 0) is 16.4 Å². The fourth-order valence-electron chi connectivity index (χ4n) is 2.66. The van der Waals surface area contributed by atoms with Crippen molar-refractivity contribution in [3.63, 3.8) is 0 Å². The van der Waals surface area contributed by atoms with Crippen molar-refractivity contribution < 1.29 is 13.2 Å². The van der Waals surface area contributed by atoms with E-state index in [-0.39, 0.29) is 10.7 Å². The van der Waals surface area contributed by atoms with Gasteiger partial charge in [0.1, 0.15) is 0 Å². The third kappa shape index (κ3) is 4.37. The number of rotatable bonds is 6. The fourth-order valence-corrected chi connectivity index (χ4v) is 3.71. The summed E-state index contributed by atoms with van der Waals surface area (Å²) in [5, 5.41) is 0. The molecule has 5 heteroatoms. The number of carbonyl (C=O) groups is 1.